The molecule has 4 rings (SSSR count). The third kappa shape index (κ3) is 2.81. The average Bonchev–Trinajstić information content (AvgIpc) is 3.33. The summed E-state index contributed by atoms with van der Waals surface area (Å²) >= 11 is 0. The second-order valence-electron chi connectivity index (χ2n) is 6.72. The number of aromatic amines is 1. The van der Waals surface area contributed by atoms with Gasteiger partial charge in [-0.1, -0.05) is 0 Å². The SMILES string of the molecule is O=C(Cc1cnc[nH]1)N1CC[C@@H]2[C@H]1CCN2C(=O)c1ccc(O)c(F)c1. The highest BCUT2D eigenvalue weighted by Crippen LogP contribution is 2.33. The molecule has 0 unspecified atom stereocenters. The number of imidazole rings is 1. The lowest BCUT2D eigenvalue weighted by molar-refractivity contribution is -0.131. The quantitative estimate of drug-likeness (QED) is 0.866. The van der Waals surface area contributed by atoms with E-state index in [9.17, 15) is 19.1 Å². The molecule has 2 saturated heterocycles. The van der Waals surface area contributed by atoms with Gasteiger partial charge < -0.3 is 19.9 Å². The summed E-state index contributed by atoms with van der Waals surface area (Å²) in [4.78, 5) is 35.7. The molecule has 2 atom stereocenters. The van der Waals surface area contributed by atoms with Crippen LogP contribution in [0.15, 0.2) is 30.7 Å². The number of phenolic OH excluding ortho intramolecular Hbond substituents is 1. The van der Waals surface area contributed by atoms with Crippen molar-refractivity contribution in [3.63, 3.8) is 0 Å². The summed E-state index contributed by atoms with van der Waals surface area (Å²) < 4.78 is 13.6. The largest absolute Gasteiger partial charge is 0.505 e. The molecule has 8 heteroatoms. The smallest absolute Gasteiger partial charge is 0.254 e. The van der Waals surface area contributed by atoms with Crippen LogP contribution in [0.5, 0.6) is 5.75 Å². The van der Waals surface area contributed by atoms with Gasteiger partial charge in [0.15, 0.2) is 11.6 Å². The first-order valence-electron chi connectivity index (χ1n) is 8.61. The number of nitrogens with zero attached hydrogens (tertiary/aromatic N) is 3. The van der Waals surface area contributed by atoms with E-state index in [1.807, 2.05) is 4.90 Å². The van der Waals surface area contributed by atoms with Crippen LogP contribution >= 0.6 is 0 Å². The lowest BCUT2D eigenvalue weighted by Gasteiger charge is -2.25. The number of carbonyl (C=O) groups is 2. The van der Waals surface area contributed by atoms with Crippen molar-refractivity contribution in [3.8, 4) is 5.75 Å². The fourth-order valence-electron chi connectivity index (χ4n) is 4.00. The maximum absolute atomic E-state index is 13.6. The number of rotatable bonds is 3. The van der Waals surface area contributed by atoms with Gasteiger partial charge in [0, 0.05) is 30.5 Å². The number of halogens is 1. The molecule has 1 aromatic heterocycles. The fraction of sp³-hybridized carbons (Fsp3) is 0.389. The van der Waals surface area contributed by atoms with Crippen molar-refractivity contribution < 1.29 is 19.1 Å². The molecule has 1 aromatic carbocycles. The number of nitrogens with one attached hydrogen (secondary N) is 1. The van der Waals surface area contributed by atoms with E-state index in [1.165, 1.54) is 12.1 Å². The first kappa shape index (κ1) is 16.6. The molecule has 0 aliphatic carbocycles. The summed E-state index contributed by atoms with van der Waals surface area (Å²) in [6, 6.07) is 3.61. The predicted molar refractivity (Wildman–Crippen MR) is 89.9 cm³/mol. The van der Waals surface area contributed by atoms with Crippen LogP contribution in [0.1, 0.15) is 28.9 Å². The second kappa shape index (κ2) is 6.44. The number of hydrogen-bond acceptors (Lipinski definition) is 4. The number of H-pyrrole nitrogens is 1. The average molecular weight is 358 g/mol. The molecule has 26 heavy (non-hydrogen) atoms. The predicted octanol–water partition coefficient (Wildman–Crippen LogP) is 1.31. The Morgan fingerprint density at radius 1 is 1.23 bits per heavy atom. The molecule has 3 heterocycles. The number of amides is 2. The maximum Gasteiger partial charge on any atom is 0.254 e. The van der Waals surface area contributed by atoms with E-state index >= 15 is 0 Å². The first-order chi connectivity index (χ1) is 12.5. The normalized spacial score (nSPS) is 21.9. The third-order valence-electron chi connectivity index (χ3n) is 5.25. The summed E-state index contributed by atoms with van der Waals surface area (Å²) in [5, 5.41) is 9.29. The Balaban J connectivity index is 1.46. The summed E-state index contributed by atoms with van der Waals surface area (Å²) in [5.41, 5.74) is 0.979. The van der Waals surface area contributed by atoms with E-state index in [0.717, 1.165) is 11.8 Å². The number of likely N-dealkylation sites (tertiary alicyclic amines) is 2. The molecule has 0 bridgehead atoms. The number of fused-ring (bicyclic) bond motifs is 1. The van der Waals surface area contributed by atoms with Gasteiger partial charge in [0.2, 0.25) is 5.91 Å². The lowest BCUT2D eigenvalue weighted by Crippen LogP contribution is -2.42. The molecule has 2 aliphatic rings. The van der Waals surface area contributed by atoms with Gasteiger partial charge in [0.1, 0.15) is 0 Å². The van der Waals surface area contributed by atoms with Crippen LogP contribution < -0.4 is 0 Å². The van der Waals surface area contributed by atoms with Crippen molar-refractivity contribution in [3.05, 3.63) is 47.8 Å². The van der Waals surface area contributed by atoms with Gasteiger partial charge in [-0.3, -0.25) is 9.59 Å². The zero-order valence-electron chi connectivity index (χ0n) is 14.1. The Kier molecular flexibility index (Phi) is 4.10. The van der Waals surface area contributed by atoms with Crippen LogP contribution in [0.2, 0.25) is 0 Å². The fourth-order valence-corrected chi connectivity index (χ4v) is 4.00. The molecule has 2 aliphatic heterocycles. The van der Waals surface area contributed by atoms with E-state index in [2.05, 4.69) is 9.97 Å². The van der Waals surface area contributed by atoms with Crippen LogP contribution in [-0.2, 0) is 11.2 Å². The number of aromatic nitrogens is 2. The van der Waals surface area contributed by atoms with Gasteiger partial charge in [-0.15, -0.1) is 0 Å². The van der Waals surface area contributed by atoms with Crippen LogP contribution in [0, 0.1) is 5.82 Å². The van der Waals surface area contributed by atoms with E-state index in [0.29, 0.717) is 25.9 Å². The molecule has 136 valence electrons. The van der Waals surface area contributed by atoms with Crippen LogP contribution in [0.25, 0.3) is 0 Å². The summed E-state index contributed by atoms with van der Waals surface area (Å²) in [6.45, 7) is 1.14. The molecular formula is C18H19FN4O3. The van der Waals surface area contributed by atoms with Gasteiger partial charge in [-0.25, -0.2) is 9.37 Å². The Morgan fingerprint density at radius 2 is 1.96 bits per heavy atom. The maximum atomic E-state index is 13.6. The van der Waals surface area contributed by atoms with E-state index in [4.69, 9.17) is 0 Å². The Morgan fingerprint density at radius 3 is 2.65 bits per heavy atom. The molecule has 0 saturated carbocycles. The minimum absolute atomic E-state index is 0.00340. The Labute approximate surface area is 149 Å². The first-order valence-corrected chi connectivity index (χ1v) is 8.61. The second-order valence-corrected chi connectivity index (χ2v) is 6.72. The van der Waals surface area contributed by atoms with Crippen molar-refractivity contribution >= 4 is 11.8 Å². The van der Waals surface area contributed by atoms with Crippen LogP contribution in [0.4, 0.5) is 4.39 Å². The Hall–Kier alpha value is -2.90. The number of phenols is 1. The third-order valence-corrected chi connectivity index (χ3v) is 5.25. The zero-order chi connectivity index (χ0) is 18.3. The van der Waals surface area contributed by atoms with Gasteiger partial charge in [0.05, 0.1) is 24.8 Å². The standard InChI is InChI=1S/C18H19FN4O3/c19-13-7-11(1-2-16(13)24)18(26)23-6-4-14-15(23)3-5-22(14)17(25)8-12-9-20-10-21-12/h1-2,7,9-10,14-15,24H,3-6,8H2,(H,20,21)/t14-,15-/m1/s1. The summed E-state index contributed by atoms with van der Waals surface area (Å²) in [6.07, 6.45) is 4.87. The lowest BCUT2D eigenvalue weighted by atomic mass is 10.1. The van der Waals surface area contributed by atoms with Gasteiger partial charge >= 0.3 is 0 Å². The highest BCUT2D eigenvalue weighted by Gasteiger charge is 2.46. The minimum atomic E-state index is -0.811. The van der Waals surface area contributed by atoms with Crippen LogP contribution in [-0.4, -0.2) is 61.9 Å². The molecule has 2 aromatic rings. The summed E-state index contributed by atoms with van der Waals surface area (Å²) in [5.74, 6) is -1.53. The highest BCUT2D eigenvalue weighted by molar-refractivity contribution is 5.95. The summed E-state index contributed by atoms with van der Waals surface area (Å²) in [7, 11) is 0. The van der Waals surface area contributed by atoms with Crippen molar-refractivity contribution in [2.75, 3.05) is 13.1 Å². The number of carbonyl (C=O) groups excluding carboxylic acids is 2. The molecule has 2 N–H and O–H groups in total. The number of aromatic hydroxyl groups is 1. The highest BCUT2D eigenvalue weighted by atomic mass is 19.1. The van der Waals surface area contributed by atoms with Crippen molar-refractivity contribution in [1.82, 2.24) is 19.8 Å². The topological polar surface area (TPSA) is 89.5 Å². The van der Waals surface area contributed by atoms with Crippen molar-refractivity contribution in [2.24, 2.45) is 0 Å². The molecule has 2 fully saturated rings. The zero-order valence-corrected chi connectivity index (χ0v) is 14.1. The van der Waals surface area contributed by atoms with Gasteiger partial charge in [-0.05, 0) is 31.0 Å². The van der Waals surface area contributed by atoms with E-state index in [-0.39, 0.29) is 35.9 Å². The van der Waals surface area contributed by atoms with E-state index in [1.54, 1.807) is 17.4 Å². The van der Waals surface area contributed by atoms with Gasteiger partial charge in [-0.2, -0.15) is 0 Å². The monoisotopic (exact) mass is 358 g/mol. The van der Waals surface area contributed by atoms with Crippen LogP contribution in [0.3, 0.4) is 0 Å². The van der Waals surface area contributed by atoms with Crippen molar-refractivity contribution in [1.29, 1.82) is 0 Å². The molecule has 0 spiro atoms. The molecule has 0 radical (unpaired) electrons. The molecular weight excluding hydrogens is 339 g/mol. The van der Waals surface area contributed by atoms with Crippen molar-refractivity contribution in [2.45, 2.75) is 31.3 Å². The van der Waals surface area contributed by atoms with Gasteiger partial charge in [0.25, 0.3) is 5.91 Å². The molecule has 2 amide bonds. The number of benzene rings is 1. The molecule has 7 nitrogen and oxygen atoms in total. The van der Waals surface area contributed by atoms with E-state index < -0.39 is 11.6 Å². The minimum Gasteiger partial charge on any atom is -0.505 e. The Bertz CT molecular complexity index is 839. The number of hydrogen-bond donors (Lipinski definition) is 2.